The zero-order valence-electron chi connectivity index (χ0n) is 14.9. The first-order valence-electron chi connectivity index (χ1n) is 9.30. The van der Waals surface area contributed by atoms with Crippen molar-refractivity contribution in [2.24, 2.45) is 0 Å². The minimum atomic E-state index is 0.397. The second-order valence-corrected chi connectivity index (χ2v) is 6.62. The lowest BCUT2D eigenvalue weighted by atomic mass is 10.2. The molecule has 0 saturated carbocycles. The summed E-state index contributed by atoms with van der Waals surface area (Å²) >= 11 is 0. The largest absolute Gasteiger partial charge is 0.490 e. The van der Waals surface area contributed by atoms with Crippen LogP contribution in [0.3, 0.4) is 0 Å². The fourth-order valence-corrected chi connectivity index (χ4v) is 3.32. The first kappa shape index (κ1) is 16.9. The molecule has 4 nitrogen and oxygen atoms in total. The van der Waals surface area contributed by atoms with Crippen LogP contribution >= 0.6 is 0 Å². The Kier molecular flexibility index (Phi) is 5.31. The maximum absolute atomic E-state index is 6.11. The van der Waals surface area contributed by atoms with Gasteiger partial charge < -0.3 is 9.47 Å². The van der Waals surface area contributed by atoms with Gasteiger partial charge >= 0.3 is 0 Å². The van der Waals surface area contributed by atoms with Crippen LogP contribution in [0.5, 0.6) is 11.5 Å². The van der Waals surface area contributed by atoms with Crippen molar-refractivity contribution < 1.29 is 9.47 Å². The molecule has 0 spiro atoms. The molecule has 4 heteroatoms. The standard InChI is InChI=1S/C22H24N2O2/c1-2-9-19(10-3-1)26-17-21-22(25-15-14-24-12-6-7-13-24)16-18-8-4-5-11-20(18)23-21/h1-5,8-11,16H,6-7,12-15,17H2. The number of aromatic nitrogens is 1. The van der Waals surface area contributed by atoms with Gasteiger partial charge in [0.1, 0.15) is 30.4 Å². The van der Waals surface area contributed by atoms with Crippen molar-refractivity contribution in [2.75, 3.05) is 26.2 Å². The lowest BCUT2D eigenvalue weighted by molar-refractivity contribution is 0.229. The molecule has 2 aromatic carbocycles. The van der Waals surface area contributed by atoms with E-state index in [4.69, 9.17) is 14.5 Å². The Bertz CT molecular complexity index is 845. The van der Waals surface area contributed by atoms with Crippen LogP contribution in [0.1, 0.15) is 18.5 Å². The van der Waals surface area contributed by atoms with Crippen molar-refractivity contribution in [1.29, 1.82) is 0 Å². The molecule has 0 amide bonds. The molecule has 4 rings (SSSR count). The zero-order valence-corrected chi connectivity index (χ0v) is 14.9. The maximum Gasteiger partial charge on any atom is 0.145 e. The van der Waals surface area contributed by atoms with E-state index >= 15 is 0 Å². The molecule has 1 aliphatic rings. The van der Waals surface area contributed by atoms with E-state index in [0.717, 1.165) is 34.6 Å². The highest BCUT2D eigenvalue weighted by atomic mass is 16.5. The lowest BCUT2D eigenvalue weighted by Crippen LogP contribution is -2.25. The molecular formula is C22H24N2O2. The van der Waals surface area contributed by atoms with Gasteiger partial charge in [-0.25, -0.2) is 4.98 Å². The fraction of sp³-hybridized carbons (Fsp3) is 0.318. The summed E-state index contributed by atoms with van der Waals surface area (Å²) in [5.74, 6) is 1.66. The Morgan fingerprint density at radius 1 is 0.885 bits per heavy atom. The van der Waals surface area contributed by atoms with Crippen LogP contribution in [0, 0.1) is 0 Å². The molecule has 2 heterocycles. The Morgan fingerprint density at radius 3 is 2.50 bits per heavy atom. The van der Waals surface area contributed by atoms with Gasteiger partial charge in [-0.1, -0.05) is 36.4 Å². The van der Waals surface area contributed by atoms with Crippen LogP contribution in [0.25, 0.3) is 10.9 Å². The topological polar surface area (TPSA) is 34.6 Å². The molecule has 1 aromatic heterocycles. The third kappa shape index (κ3) is 4.14. The van der Waals surface area contributed by atoms with Gasteiger partial charge in [0.2, 0.25) is 0 Å². The number of hydrogen-bond donors (Lipinski definition) is 0. The first-order chi connectivity index (χ1) is 12.9. The van der Waals surface area contributed by atoms with Crippen molar-refractivity contribution in [2.45, 2.75) is 19.4 Å². The Morgan fingerprint density at radius 2 is 1.65 bits per heavy atom. The van der Waals surface area contributed by atoms with Gasteiger partial charge in [0.25, 0.3) is 0 Å². The molecule has 0 unspecified atom stereocenters. The zero-order chi connectivity index (χ0) is 17.6. The number of hydrogen-bond acceptors (Lipinski definition) is 4. The Hall–Kier alpha value is -2.59. The number of ether oxygens (including phenoxy) is 2. The van der Waals surface area contributed by atoms with Crippen molar-refractivity contribution in [1.82, 2.24) is 9.88 Å². The second-order valence-electron chi connectivity index (χ2n) is 6.62. The number of nitrogens with zero attached hydrogens (tertiary/aromatic N) is 2. The van der Waals surface area contributed by atoms with Gasteiger partial charge in [-0.05, 0) is 50.2 Å². The summed E-state index contributed by atoms with van der Waals surface area (Å²) in [6.45, 7) is 4.41. The molecule has 1 saturated heterocycles. The average Bonchev–Trinajstić information content (AvgIpc) is 3.20. The third-order valence-electron chi connectivity index (χ3n) is 4.75. The summed E-state index contributed by atoms with van der Waals surface area (Å²) in [4.78, 5) is 7.23. The van der Waals surface area contributed by atoms with Gasteiger partial charge in [0.05, 0.1) is 5.52 Å². The van der Waals surface area contributed by atoms with Crippen LogP contribution in [0.2, 0.25) is 0 Å². The molecule has 3 aromatic rings. The molecule has 1 aliphatic heterocycles. The predicted molar refractivity (Wildman–Crippen MR) is 104 cm³/mol. The molecule has 1 fully saturated rings. The predicted octanol–water partition coefficient (Wildman–Crippen LogP) is 4.29. The normalized spacial score (nSPS) is 14.6. The van der Waals surface area contributed by atoms with Crippen LogP contribution in [0.15, 0.2) is 60.7 Å². The van der Waals surface area contributed by atoms with E-state index in [1.807, 2.05) is 48.5 Å². The number of likely N-dealkylation sites (tertiary alicyclic amines) is 1. The van der Waals surface area contributed by atoms with Gasteiger partial charge in [-0.3, -0.25) is 4.90 Å². The molecule has 0 aliphatic carbocycles. The monoisotopic (exact) mass is 348 g/mol. The highest BCUT2D eigenvalue weighted by Crippen LogP contribution is 2.25. The summed E-state index contributed by atoms with van der Waals surface area (Å²) in [5, 5.41) is 1.09. The van der Waals surface area contributed by atoms with E-state index in [1.54, 1.807) is 0 Å². The lowest BCUT2D eigenvalue weighted by Gasteiger charge is -2.17. The van der Waals surface area contributed by atoms with E-state index in [2.05, 4.69) is 17.0 Å². The average molecular weight is 348 g/mol. The molecule has 0 radical (unpaired) electrons. The number of benzene rings is 2. The number of para-hydroxylation sites is 2. The van der Waals surface area contributed by atoms with Crippen molar-refractivity contribution in [3.8, 4) is 11.5 Å². The molecular weight excluding hydrogens is 324 g/mol. The molecule has 0 bridgehead atoms. The van der Waals surface area contributed by atoms with Crippen LogP contribution in [-0.2, 0) is 6.61 Å². The minimum absolute atomic E-state index is 0.397. The van der Waals surface area contributed by atoms with Crippen molar-refractivity contribution in [3.05, 3.63) is 66.4 Å². The smallest absolute Gasteiger partial charge is 0.145 e. The van der Waals surface area contributed by atoms with Crippen LogP contribution in [-0.4, -0.2) is 36.1 Å². The SMILES string of the molecule is c1ccc(OCc2nc3ccccc3cc2OCCN2CCCC2)cc1. The summed E-state index contributed by atoms with van der Waals surface area (Å²) in [7, 11) is 0. The van der Waals surface area contributed by atoms with Gasteiger partial charge in [0.15, 0.2) is 0 Å². The Balaban J connectivity index is 1.50. The minimum Gasteiger partial charge on any atom is -0.490 e. The number of fused-ring (bicyclic) bond motifs is 1. The van der Waals surface area contributed by atoms with Crippen molar-refractivity contribution in [3.63, 3.8) is 0 Å². The van der Waals surface area contributed by atoms with E-state index in [0.29, 0.717) is 13.2 Å². The van der Waals surface area contributed by atoms with Gasteiger partial charge in [0, 0.05) is 11.9 Å². The van der Waals surface area contributed by atoms with Crippen LogP contribution < -0.4 is 9.47 Å². The quantitative estimate of drug-likeness (QED) is 0.638. The second kappa shape index (κ2) is 8.19. The van der Waals surface area contributed by atoms with Gasteiger partial charge in [-0.15, -0.1) is 0 Å². The van der Waals surface area contributed by atoms with E-state index in [9.17, 15) is 0 Å². The van der Waals surface area contributed by atoms with Crippen molar-refractivity contribution >= 4 is 10.9 Å². The number of pyridine rings is 1. The molecule has 0 N–H and O–H groups in total. The third-order valence-corrected chi connectivity index (χ3v) is 4.75. The molecule has 0 atom stereocenters. The summed E-state index contributed by atoms with van der Waals surface area (Å²) in [5.41, 5.74) is 1.81. The highest BCUT2D eigenvalue weighted by molar-refractivity contribution is 5.80. The van der Waals surface area contributed by atoms with E-state index < -0.39 is 0 Å². The van der Waals surface area contributed by atoms with E-state index in [-0.39, 0.29) is 0 Å². The molecule has 134 valence electrons. The highest BCUT2D eigenvalue weighted by Gasteiger charge is 2.13. The van der Waals surface area contributed by atoms with Gasteiger partial charge in [-0.2, -0.15) is 0 Å². The maximum atomic E-state index is 6.11. The summed E-state index contributed by atoms with van der Waals surface area (Å²) in [6.07, 6.45) is 2.60. The number of rotatable bonds is 7. The Labute approximate surface area is 154 Å². The molecule has 26 heavy (non-hydrogen) atoms. The fourth-order valence-electron chi connectivity index (χ4n) is 3.32. The van der Waals surface area contributed by atoms with E-state index in [1.165, 1.54) is 25.9 Å². The summed E-state index contributed by atoms with van der Waals surface area (Å²) in [6, 6.07) is 20.0. The summed E-state index contributed by atoms with van der Waals surface area (Å²) < 4.78 is 12.0. The first-order valence-corrected chi connectivity index (χ1v) is 9.30. The van der Waals surface area contributed by atoms with Crippen LogP contribution in [0.4, 0.5) is 0 Å².